The SMILES string of the molecule is Cc1ccccc1-c1ccc(C(C)(C)C)c[n+]1C.Cc1ccccc1-c1ccc(C(C)C)c[n+]1C.Cc1ccccc1-c1ccc(CC(C)C)c[n+]1C.[2H]C([2H])(c1ccc(-c2ccccc2C)[n+](C)c1)C(C)C. The van der Waals surface area contributed by atoms with Crippen molar-refractivity contribution in [2.45, 2.75) is 114 Å². The molecule has 4 heteroatoms. The van der Waals surface area contributed by atoms with Gasteiger partial charge in [0.15, 0.2) is 24.8 Å². The molecule has 0 N–H and O–H groups in total. The molecule has 0 bridgehead atoms. The highest BCUT2D eigenvalue weighted by atomic mass is 14.9. The van der Waals surface area contributed by atoms with Crippen LogP contribution in [-0.4, -0.2) is 0 Å². The van der Waals surface area contributed by atoms with E-state index in [1.807, 2.05) is 55.9 Å². The molecule has 0 aliphatic carbocycles. The first kappa shape index (κ1) is 52.3. The number of pyridine rings is 4. The van der Waals surface area contributed by atoms with E-state index in [1.165, 1.54) is 78.3 Å². The average molecular weight is 949 g/mol. The summed E-state index contributed by atoms with van der Waals surface area (Å²) in [6, 6.07) is 51.2. The van der Waals surface area contributed by atoms with Crippen LogP contribution in [0.5, 0.6) is 0 Å². The zero-order chi connectivity index (χ0) is 53.8. The predicted molar refractivity (Wildman–Crippen MR) is 301 cm³/mol. The van der Waals surface area contributed by atoms with Crippen LogP contribution < -0.4 is 18.3 Å². The number of nitrogens with zero attached hydrogens (tertiary/aromatic N) is 4. The molecule has 71 heavy (non-hydrogen) atoms. The molecule has 0 saturated heterocycles. The maximum atomic E-state index is 8.19. The van der Waals surface area contributed by atoms with Crippen LogP contribution in [0.2, 0.25) is 0 Å². The van der Waals surface area contributed by atoms with Crippen molar-refractivity contribution < 1.29 is 21.0 Å². The molecule has 0 saturated carbocycles. The first-order chi connectivity index (χ1) is 34.4. The van der Waals surface area contributed by atoms with Gasteiger partial charge in [0.2, 0.25) is 22.8 Å². The summed E-state index contributed by atoms with van der Waals surface area (Å²) >= 11 is 0. The van der Waals surface area contributed by atoms with Gasteiger partial charge in [0.05, 0.1) is 0 Å². The Balaban J connectivity index is 0.000000181. The van der Waals surface area contributed by atoms with E-state index in [9.17, 15) is 0 Å². The molecule has 0 fully saturated rings. The van der Waals surface area contributed by atoms with Gasteiger partial charge in [-0.05, 0) is 134 Å². The van der Waals surface area contributed by atoms with Crippen molar-refractivity contribution in [1.29, 1.82) is 0 Å². The standard InChI is InChI=1S/3C17H22N.C16H20N/c1-13-8-6-7-9-15(13)16-11-10-14(12-18(16)5)17(2,3)4;2*1-13(2)11-15-9-10-17(18(4)12-15)16-8-6-5-7-14(16)3;1-12(2)14-9-10-16(17(4)11-14)15-8-6-5-7-13(15)3/h6-12H,1-5H3;2*5-10,12-13H,11H2,1-4H3;5-12H,1-4H3/q4*+1/i;11D2;;. The van der Waals surface area contributed by atoms with E-state index in [0.717, 1.165) is 17.7 Å². The largest absolute Gasteiger partial charge is 0.212 e. The maximum Gasteiger partial charge on any atom is 0.212 e. The number of hydrogen-bond donors (Lipinski definition) is 0. The van der Waals surface area contributed by atoms with Crippen LogP contribution in [0.4, 0.5) is 0 Å². The topological polar surface area (TPSA) is 15.5 Å². The zero-order valence-electron chi connectivity index (χ0n) is 48.4. The van der Waals surface area contributed by atoms with E-state index in [4.69, 9.17) is 2.74 Å². The summed E-state index contributed by atoms with van der Waals surface area (Å²) in [6.07, 6.45) is 8.46. The van der Waals surface area contributed by atoms with Gasteiger partial charge in [-0.25, -0.2) is 18.3 Å². The van der Waals surface area contributed by atoms with Crippen LogP contribution >= 0.6 is 0 Å². The lowest BCUT2D eigenvalue weighted by Gasteiger charge is -2.17. The third-order valence-corrected chi connectivity index (χ3v) is 12.9. The molecule has 0 atom stereocenters. The Kier molecular flexibility index (Phi) is 18.8. The fourth-order valence-corrected chi connectivity index (χ4v) is 8.87. The van der Waals surface area contributed by atoms with Gasteiger partial charge in [0, 0.05) is 71.5 Å². The fourth-order valence-electron chi connectivity index (χ4n) is 8.87. The fraction of sp³-hybridized carbons (Fsp3) is 0.343. The molecular weight excluding hydrogens is 861 g/mol. The number of rotatable bonds is 9. The van der Waals surface area contributed by atoms with Crippen molar-refractivity contribution in [2.75, 3.05) is 0 Å². The first-order valence-corrected chi connectivity index (χ1v) is 25.6. The molecule has 0 amide bonds. The van der Waals surface area contributed by atoms with E-state index in [0.29, 0.717) is 11.8 Å². The van der Waals surface area contributed by atoms with Crippen molar-refractivity contribution in [2.24, 2.45) is 40.0 Å². The molecular formula is C67H86N4+4. The lowest BCUT2D eigenvalue weighted by molar-refractivity contribution is -0.661. The molecule has 4 nitrogen and oxygen atoms in total. The normalized spacial score (nSPS) is 11.7. The Morgan fingerprint density at radius 2 is 0.732 bits per heavy atom. The first-order valence-electron chi connectivity index (χ1n) is 26.6. The molecule has 4 heterocycles. The Labute approximate surface area is 433 Å². The summed E-state index contributed by atoms with van der Waals surface area (Å²) in [4.78, 5) is 0. The van der Waals surface area contributed by atoms with Gasteiger partial charge in [0.25, 0.3) is 0 Å². The van der Waals surface area contributed by atoms with Gasteiger partial charge in [-0.1, -0.05) is 135 Å². The molecule has 370 valence electrons. The van der Waals surface area contributed by atoms with Crippen LogP contribution in [0.15, 0.2) is 170 Å². The molecule has 0 unspecified atom stereocenters. The number of benzene rings is 4. The number of hydrogen-bond acceptors (Lipinski definition) is 0. The summed E-state index contributed by atoms with van der Waals surface area (Å²) in [5, 5.41) is 0. The third kappa shape index (κ3) is 15.7. The third-order valence-electron chi connectivity index (χ3n) is 12.9. The minimum atomic E-state index is -1.30. The van der Waals surface area contributed by atoms with Gasteiger partial charge in [-0.2, -0.15) is 0 Å². The van der Waals surface area contributed by atoms with Gasteiger partial charge in [-0.3, -0.25) is 0 Å². The van der Waals surface area contributed by atoms with Crippen molar-refractivity contribution in [1.82, 2.24) is 0 Å². The average Bonchev–Trinajstić information content (AvgIpc) is 3.33. The predicted octanol–water partition coefficient (Wildman–Crippen LogP) is 14.8. The van der Waals surface area contributed by atoms with Crippen LogP contribution in [0.25, 0.3) is 45.0 Å². The number of aromatic nitrogens is 4. The summed E-state index contributed by atoms with van der Waals surface area (Å²) in [7, 11) is 8.35. The van der Waals surface area contributed by atoms with Crippen molar-refractivity contribution in [3.63, 3.8) is 0 Å². The summed E-state index contributed by atoms with van der Waals surface area (Å²) in [5.41, 5.74) is 20.3. The van der Waals surface area contributed by atoms with Crippen LogP contribution in [0.1, 0.15) is 115 Å². The van der Waals surface area contributed by atoms with E-state index in [1.54, 1.807) is 0 Å². The highest BCUT2D eigenvalue weighted by molar-refractivity contribution is 5.63. The van der Waals surface area contributed by atoms with E-state index >= 15 is 0 Å². The molecule has 0 aliphatic rings. The van der Waals surface area contributed by atoms with Crippen LogP contribution in [-0.2, 0) is 46.4 Å². The van der Waals surface area contributed by atoms with Gasteiger partial charge < -0.3 is 0 Å². The van der Waals surface area contributed by atoms with Gasteiger partial charge in [0.1, 0.15) is 28.2 Å². The van der Waals surface area contributed by atoms with E-state index in [2.05, 4.69) is 251 Å². The molecule has 8 rings (SSSR count). The Morgan fingerprint density at radius 3 is 1.06 bits per heavy atom. The smallest absolute Gasteiger partial charge is 0.201 e. The minimum absolute atomic E-state index is 0.0492. The summed E-state index contributed by atoms with van der Waals surface area (Å²) in [5.74, 6) is 1.23. The molecule has 0 spiro atoms. The molecule has 0 radical (unpaired) electrons. The molecule has 0 aliphatic heterocycles. The summed E-state index contributed by atoms with van der Waals surface area (Å²) < 4.78 is 25.1. The number of aryl methyl sites for hydroxylation is 8. The maximum absolute atomic E-state index is 8.19. The van der Waals surface area contributed by atoms with Crippen molar-refractivity contribution >= 4 is 0 Å². The second-order valence-electron chi connectivity index (χ2n) is 21.4. The van der Waals surface area contributed by atoms with Crippen molar-refractivity contribution in [3.05, 3.63) is 215 Å². The summed E-state index contributed by atoms with van der Waals surface area (Å²) in [6.45, 7) is 28.1. The molecule has 4 aromatic carbocycles. The van der Waals surface area contributed by atoms with Crippen LogP contribution in [0, 0.1) is 39.5 Å². The Bertz CT molecular complexity index is 3080. The lowest BCUT2D eigenvalue weighted by atomic mass is 9.88. The van der Waals surface area contributed by atoms with Crippen LogP contribution in [0.3, 0.4) is 0 Å². The van der Waals surface area contributed by atoms with Gasteiger partial charge >= 0.3 is 0 Å². The Hall–Kier alpha value is -6.52. The molecule has 4 aromatic heterocycles. The monoisotopic (exact) mass is 949 g/mol. The minimum Gasteiger partial charge on any atom is -0.201 e. The van der Waals surface area contributed by atoms with Gasteiger partial charge in [-0.15, -0.1) is 0 Å². The highest BCUT2D eigenvalue weighted by Gasteiger charge is 2.20. The Morgan fingerprint density at radius 1 is 0.394 bits per heavy atom. The second-order valence-corrected chi connectivity index (χ2v) is 21.4. The molecule has 8 aromatic rings. The van der Waals surface area contributed by atoms with E-state index < -0.39 is 6.37 Å². The zero-order valence-corrected chi connectivity index (χ0v) is 46.4. The lowest BCUT2D eigenvalue weighted by Crippen LogP contribution is -2.33. The second kappa shape index (κ2) is 25.6. The van der Waals surface area contributed by atoms with E-state index in [-0.39, 0.29) is 11.3 Å². The highest BCUT2D eigenvalue weighted by Crippen LogP contribution is 2.26. The quantitative estimate of drug-likeness (QED) is 0.128. The van der Waals surface area contributed by atoms with Crippen molar-refractivity contribution in [3.8, 4) is 45.0 Å².